The lowest BCUT2D eigenvalue weighted by Crippen LogP contribution is -2.64. The first kappa shape index (κ1) is 17.8. The first-order valence-corrected chi connectivity index (χ1v) is 7.06. The average Bonchev–Trinajstić information content (AvgIpc) is 2.45. The van der Waals surface area contributed by atoms with E-state index in [2.05, 4.69) is 0 Å². The van der Waals surface area contributed by atoms with Crippen molar-refractivity contribution in [3.05, 3.63) is 35.9 Å². The molecule has 1 aromatic rings. The highest BCUT2D eigenvalue weighted by Crippen LogP contribution is 2.30. The Hall–Kier alpha value is -2.58. The molecule has 0 aromatic heterocycles. The monoisotopic (exact) mass is 344 g/mol. The number of rotatable bonds is 4. The minimum Gasteiger partial charge on any atom is -0.480 e. The van der Waals surface area contributed by atoms with Crippen LogP contribution in [0.2, 0.25) is 0 Å². The van der Waals surface area contributed by atoms with Gasteiger partial charge in [-0.05, 0) is 18.9 Å². The zero-order valence-electron chi connectivity index (χ0n) is 12.6. The van der Waals surface area contributed by atoms with Crippen LogP contribution in [0.25, 0.3) is 0 Å². The third-order valence-electron chi connectivity index (χ3n) is 3.97. The summed E-state index contributed by atoms with van der Waals surface area (Å²) in [4.78, 5) is 36.1. The summed E-state index contributed by atoms with van der Waals surface area (Å²) in [5.41, 5.74) is -1.90. The topological polar surface area (TPSA) is 86.7 Å². The van der Waals surface area contributed by atoms with E-state index in [9.17, 15) is 27.6 Å². The molecule has 0 aliphatic carbocycles. The van der Waals surface area contributed by atoms with E-state index in [4.69, 9.17) is 5.11 Å². The smallest absolute Gasteiger partial charge is 0.471 e. The molecule has 2 atom stereocenters. The van der Waals surface area contributed by atoms with Crippen LogP contribution in [0.1, 0.15) is 18.9 Å². The number of likely N-dealkylation sites (tertiary alicyclic amines) is 1. The van der Waals surface area contributed by atoms with Crippen LogP contribution in [0.5, 0.6) is 0 Å². The van der Waals surface area contributed by atoms with E-state index in [-0.39, 0.29) is 18.5 Å². The van der Waals surface area contributed by atoms with Crippen LogP contribution in [-0.2, 0) is 19.9 Å². The van der Waals surface area contributed by atoms with Gasteiger partial charge in [-0.25, -0.2) is 4.79 Å². The number of halogens is 3. The molecule has 1 aliphatic rings. The Morgan fingerprint density at radius 3 is 2.21 bits per heavy atom. The van der Waals surface area contributed by atoms with E-state index in [1.807, 2.05) is 0 Å². The Balaban J connectivity index is 2.38. The van der Waals surface area contributed by atoms with Crippen molar-refractivity contribution in [2.75, 3.05) is 6.54 Å². The Bertz CT molecular complexity index is 662. The van der Waals surface area contributed by atoms with Crippen molar-refractivity contribution in [1.82, 2.24) is 10.2 Å². The van der Waals surface area contributed by atoms with Crippen molar-refractivity contribution in [3.8, 4) is 0 Å². The van der Waals surface area contributed by atoms with Gasteiger partial charge in [-0.15, -0.1) is 0 Å². The second kappa shape index (κ2) is 6.14. The molecule has 2 N–H and O–H groups in total. The lowest BCUT2D eigenvalue weighted by atomic mass is 9.87. The minimum atomic E-state index is -5.17. The fourth-order valence-electron chi connectivity index (χ4n) is 2.49. The van der Waals surface area contributed by atoms with E-state index in [1.165, 1.54) is 24.3 Å². The molecular weight excluding hydrogens is 329 g/mol. The van der Waals surface area contributed by atoms with Gasteiger partial charge >= 0.3 is 18.1 Å². The molecule has 0 radical (unpaired) electrons. The number of aliphatic carboxylic acids is 1. The first-order chi connectivity index (χ1) is 11.1. The molecule has 2 amide bonds. The molecule has 6 nitrogen and oxygen atoms in total. The zero-order chi connectivity index (χ0) is 18.1. The first-order valence-electron chi connectivity index (χ1n) is 7.06. The summed E-state index contributed by atoms with van der Waals surface area (Å²) >= 11 is 0. The minimum absolute atomic E-state index is 0.0973. The van der Waals surface area contributed by atoms with Crippen molar-refractivity contribution in [1.29, 1.82) is 0 Å². The van der Waals surface area contributed by atoms with Crippen LogP contribution in [0.3, 0.4) is 0 Å². The molecule has 0 bridgehead atoms. The maximum atomic E-state index is 12.7. The maximum Gasteiger partial charge on any atom is 0.471 e. The van der Waals surface area contributed by atoms with Crippen molar-refractivity contribution < 1.29 is 32.7 Å². The molecule has 1 aliphatic heterocycles. The summed E-state index contributed by atoms with van der Waals surface area (Å²) in [6.07, 6.45) is -4.96. The summed E-state index contributed by atoms with van der Waals surface area (Å²) in [6, 6.07) is 6.29. The molecule has 130 valence electrons. The molecule has 1 unspecified atom stereocenters. The van der Waals surface area contributed by atoms with Crippen molar-refractivity contribution in [2.24, 2.45) is 0 Å². The van der Waals surface area contributed by atoms with Gasteiger partial charge < -0.3 is 15.3 Å². The van der Waals surface area contributed by atoms with Crippen LogP contribution in [0, 0.1) is 0 Å². The second-order valence-corrected chi connectivity index (χ2v) is 5.58. The van der Waals surface area contributed by atoms with Crippen LogP contribution in [0.15, 0.2) is 30.3 Å². The highest BCUT2D eigenvalue weighted by Gasteiger charge is 2.50. The van der Waals surface area contributed by atoms with Gasteiger partial charge in [0.1, 0.15) is 11.6 Å². The second-order valence-electron chi connectivity index (χ2n) is 5.58. The van der Waals surface area contributed by atoms with E-state index in [0.29, 0.717) is 0 Å². The SMILES string of the molecule is CC(NC(=O)C(F)(F)F)(C(=O)N1CC[C@H]1C(=O)O)c1ccccc1. The number of amides is 2. The van der Waals surface area contributed by atoms with Crippen molar-refractivity contribution in [3.63, 3.8) is 0 Å². The molecule has 1 saturated heterocycles. The molecule has 1 aromatic carbocycles. The van der Waals surface area contributed by atoms with Gasteiger partial charge in [0.2, 0.25) is 0 Å². The maximum absolute atomic E-state index is 12.7. The number of carboxylic acids is 1. The van der Waals surface area contributed by atoms with Gasteiger partial charge in [-0.2, -0.15) is 13.2 Å². The van der Waals surface area contributed by atoms with Crippen LogP contribution >= 0.6 is 0 Å². The molecule has 9 heteroatoms. The van der Waals surface area contributed by atoms with Gasteiger partial charge in [0.25, 0.3) is 5.91 Å². The lowest BCUT2D eigenvalue weighted by molar-refractivity contribution is -0.178. The summed E-state index contributed by atoms with van der Waals surface area (Å²) in [6.45, 7) is 1.23. The standard InChI is InChI=1S/C15H15F3N2O4/c1-14(9-5-3-2-4-6-9,19-12(23)15(16,17)18)13(24)20-8-7-10(20)11(21)22/h2-6,10H,7-8H2,1H3,(H,19,23)(H,21,22)/t10-,14?/m0/s1. The molecule has 1 heterocycles. The predicted octanol–water partition coefficient (Wildman–Crippen LogP) is 1.27. The Kier molecular flexibility index (Phi) is 4.54. The van der Waals surface area contributed by atoms with Crippen LogP contribution in [-0.4, -0.2) is 46.6 Å². The number of nitrogens with one attached hydrogen (secondary N) is 1. The molecule has 0 saturated carbocycles. The number of carbonyl (C=O) groups is 3. The van der Waals surface area contributed by atoms with Crippen LogP contribution < -0.4 is 5.32 Å². The number of benzene rings is 1. The third-order valence-corrected chi connectivity index (χ3v) is 3.97. The van der Waals surface area contributed by atoms with Gasteiger partial charge in [0, 0.05) is 6.54 Å². The number of hydrogen-bond acceptors (Lipinski definition) is 3. The van der Waals surface area contributed by atoms with Crippen LogP contribution in [0.4, 0.5) is 13.2 Å². The van der Waals surface area contributed by atoms with E-state index >= 15 is 0 Å². The zero-order valence-corrected chi connectivity index (χ0v) is 12.6. The number of hydrogen-bond donors (Lipinski definition) is 2. The fraction of sp³-hybridized carbons (Fsp3) is 0.400. The van der Waals surface area contributed by atoms with Gasteiger partial charge in [-0.1, -0.05) is 30.3 Å². The lowest BCUT2D eigenvalue weighted by Gasteiger charge is -2.43. The molecule has 2 rings (SSSR count). The number of nitrogens with zero attached hydrogens (tertiary/aromatic N) is 1. The van der Waals surface area contributed by atoms with Crippen molar-refractivity contribution >= 4 is 17.8 Å². The molecule has 24 heavy (non-hydrogen) atoms. The number of alkyl halides is 3. The summed E-state index contributed by atoms with van der Waals surface area (Å²) in [7, 11) is 0. The van der Waals surface area contributed by atoms with Gasteiger partial charge in [0.15, 0.2) is 0 Å². The Labute approximate surface area is 135 Å². The van der Waals surface area contributed by atoms with Crippen molar-refractivity contribution in [2.45, 2.75) is 31.1 Å². The summed E-state index contributed by atoms with van der Waals surface area (Å²) < 4.78 is 37.9. The van der Waals surface area contributed by atoms with E-state index in [0.717, 1.165) is 11.8 Å². The Morgan fingerprint density at radius 2 is 1.79 bits per heavy atom. The largest absolute Gasteiger partial charge is 0.480 e. The normalized spacial score (nSPS) is 19.8. The predicted molar refractivity (Wildman–Crippen MR) is 75.7 cm³/mol. The van der Waals surface area contributed by atoms with E-state index < -0.39 is 35.5 Å². The molecule has 0 spiro atoms. The van der Waals surface area contributed by atoms with Gasteiger partial charge in [0.05, 0.1) is 0 Å². The average molecular weight is 344 g/mol. The number of carbonyl (C=O) groups excluding carboxylic acids is 2. The third kappa shape index (κ3) is 3.19. The molecular formula is C15H15F3N2O4. The summed E-state index contributed by atoms with van der Waals surface area (Å²) in [5, 5.41) is 10.7. The highest BCUT2D eigenvalue weighted by atomic mass is 19.4. The Morgan fingerprint density at radius 1 is 1.21 bits per heavy atom. The van der Waals surface area contributed by atoms with Gasteiger partial charge in [-0.3, -0.25) is 9.59 Å². The highest BCUT2D eigenvalue weighted by molar-refractivity contribution is 5.96. The molecule has 1 fully saturated rings. The quantitative estimate of drug-likeness (QED) is 0.861. The summed E-state index contributed by atoms with van der Waals surface area (Å²) in [5.74, 6) is -4.41. The van der Waals surface area contributed by atoms with E-state index in [1.54, 1.807) is 11.4 Å². The fourth-order valence-corrected chi connectivity index (χ4v) is 2.49. The number of carboxylic acid groups (broad SMARTS) is 1.